The number of nitrogens with one attached hydrogen (secondary N) is 1. The molecule has 0 saturated carbocycles. The number of hydrogen-bond donors (Lipinski definition) is 2. The number of carbonyl (C=O) groups excluding carboxylic acids is 2. The third kappa shape index (κ3) is 6.18. The zero-order valence-corrected chi connectivity index (χ0v) is 20.0. The van der Waals surface area contributed by atoms with Crippen LogP contribution in [0.5, 0.6) is 0 Å². The van der Waals surface area contributed by atoms with Crippen molar-refractivity contribution in [3.8, 4) is 10.4 Å². The summed E-state index contributed by atoms with van der Waals surface area (Å²) in [5, 5.41) is 13.0. The number of likely N-dealkylation sites (tertiary alicyclic amines) is 1. The Hall–Kier alpha value is -2.16. The smallest absolute Gasteiger partial charge is 0.411 e. The molecule has 2 heterocycles. The van der Waals surface area contributed by atoms with Crippen molar-refractivity contribution in [1.29, 1.82) is 0 Å². The predicted molar refractivity (Wildman–Crippen MR) is 123 cm³/mol. The van der Waals surface area contributed by atoms with E-state index in [1.54, 1.807) is 32.1 Å². The summed E-state index contributed by atoms with van der Waals surface area (Å²) in [5.74, 6) is -0.299. The van der Waals surface area contributed by atoms with E-state index in [-0.39, 0.29) is 37.3 Å². The van der Waals surface area contributed by atoms with Gasteiger partial charge in [-0.25, -0.2) is 9.78 Å². The second kappa shape index (κ2) is 9.97. The lowest BCUT2D eigenvalue weighted by Gasteiger charge is -2.28. The number of thiazole rings is 1. The highest BCUT2D eigenvalue weighted by Gasteiger charge is 2.41. The number of nitrogens with zero attached hydrogens (tertiary/aromatic N) is 2. The normalized spacial score (nSPS) is 19.5. The summed E-state index contributed by atoms with van der Waals surface area (Å²) in [5.41, 5.74) is 4.20. The molecular weight excluding hydrogens is 438 g/mol. The first-order valence-corrected chi connectivity index (χ1v) is 10.9. The second-order valence-corrected chi connectivity index (χ2v) is 9.51. The number of carbonyl (C=O) groups is 2. The van der Waals surface area contributed by atoms with Crippen LogP contribution in [0, 0.1) is 6.92 Å². The van der Waals surface area contributed by atoms with Gasteiger partial charge in [0, 0.05) is 6.42 Å². The molecule has 1 aromatic carbocycles. The van der Waals surface area contributed by atoms with Crippen molar-refractivity contribution in [3.05, 3.63) is 41.0 Å². The van der Waals surface area contributed by atoms with Gasteiger partial charge in [0.1, 0.15) is 11.6 Å². The van der Waals surface area contributed by atoms with Crippen LogP contribution in [-0.4, -0.2) is 51.3 Å². The number of aromatic nitrogens is 1. The van der Waals surface area contributed by atoms with Gasteiger partial charge in [-0.1, -0.05) is 24.3 Å². The molecule has 31 heavy (non-hydrogen) atoms. The molecule has 1 aliphatic heterocycles. The minimum Gasteiger partial charge on any atom is -0.444 e. The Labute approximate surface area is 193 Å². The largest absolute Gasteiger partial charge is 0.444 e. The summed E-state index contributed by atoms with van der Waals surface area (Å²) in [7, 11) is 0. The molecule has 3 atom stereocenters. The van der Waals surface area contributed by atoms with Gasteiger partial charge in [0.2, 0.25) is 5.91 Å². The predicted octanol–water partition coefficient (Wildman–Crippen LogP) is 4.09. The maximum Gasteiger partial charge on any atom is 0.411 e. The van der Waals surface area contributed by atoms with E-state index in [1.165, 1.54) is 4.90 Å². The fourth-order valence-corrected chi connectivity index (χ4v) is 4.29. The van der Waals surface area contributed by atoms with Crippen LogP contribution in [0.2, 0.25) is 0 Å². The van der Waals surface area contributed by atoms with Crippen LogP contribution in [-0.2, 0) is 9.53 Å². The highest BCUT2D eigenvalue weighted by atomic mass is 35.5. The number of benzene rings is 1. The summed E-state index contributed by atoms with van der Waals surface area (Å²) >= 11 is 1.60. The van der Waals surface area contributed by atoms with Crippen molar-refractivity contribution in [3.63, 3.8) is 0 Å². The molecule has 9 heteroatoms. The number of ether oxygens (including phenoxy) is 1. The van der Waals surface area contributed by atoms with E-state index in [0.717, 1.165) is 21.7 Å². The monoisotopic (exact) mass is 467 g/mol. The number of halogens is 1. The van der Waals surface area contributed by atoms with Crippen molar-refractivity contribution in [1.82, 2.24) is 15.2 Å². The van der Waals surface area contributed by atoms with Crippen LogP contribution < -0.4 is 5.32 Å². The van der Waals surface area contributed by atoms with Crippen molar-refractivity contribution >= 4 is 35.7 Å². The van der Waals surface area contributed by atoms with Crippen LogP contribution in [0.15, 0.2) is 29.8 Å². The lowest BCUT2D eigenvalue weighted by molar-refractivity contribution is -0.126. The van der Waals surface area contributed by atoms with Crippen LogP contribution >= 0.6 is 23.7 Å². The zero-order chi connectivity index (χ0) is 22.1. The fourth-order valence-electron chi connectivity index (χ4n) is 3.48. The van der Waals surface area contributed by atoms with Crippen LogP contribution in [0.1, 0.15) is 51.4 Å². The molecule has 1 fully saturated rings. The molecule has 0 spiro atoms. The Morgan fingerprint density at radius 3 is 2.48 bits per heavy atom. The van der Waals surface area contributed by atoms with Gasteiger partial charge >= 0.3 is 6.09 Å². The van der Waals surface area contributed by atoms with Gasteiger partial charge in [0.15, 0.2) is 0 Å². The number of hydrogen-bond acceptors (Lipinski definition) is 6. The molecule has 0 bridgehead atoms. The fraction of sp³-hybridized carbons (Fsp3) is 0.500. The van der Waals surface area contributed by atoms with Gasteiger partial charge in [0.25, 0.3) is 0 Å². The molecule has 3 rings (SSSR count). The van der Waals surface area contributed by atoms with Crippen molar-refractivity contribution in [2.75, 3.05) is 6.54 Å². The molecular formula is C22H30ClN3O4S. The van der Waals surface area contributed by atoms with Gasteiger partial charge in [-0.3, -0.25) is 9.69 Å². The number of amides is 2. The molecule has 1 aromatic heterocycles. The number of aryl methyl sites for hydroxylation is 1. The van der Waals surface area contributed by atoms with Crippen LogP contribution in [0.3, 0.4) is 0 Å². The van der Waals surface area contributed by atoms with E-state index >= 15 is 0 Å². The van der Waals surface area contributed by atoms with Crippen molar-refractivity contribution in [2.24, 2.45) is 0 Å². The molecule has 0 unspecified atom stereocenters. The van der Waals surface area contributed by atoms with E-state index in [2.05, 4.69) is 10.3 Å². The lowest BCUT2D eigenvalue weighted by atomic mass is 10.0. The number of aliphatic hydroxyl groups excluding tert-OH is 1. The summed E-state index contributed by atoms with van der Waals surface area (Å²) in [6.45, 7) is 9.28. The highest BCUT2D eigenvalue weighted by Crippen LogP contribution is 2.28. The van der Waals surface area contributed by atoms with Gasteiger partial charge in [-0.15, -0.1) is 23.7 Å². The molecule has 2 aromatic rings. The third-order valence-corrected chi connectivity index (χ3v) is 5.96. The highest BCUT2D eigenvalue weighted by molar-refractivity contribution is 7.13. The van der Waals surface area contributed by atoms with Gasteiger partial charge in [-0.2, -0.15) is 0 Å². The van der Waals surface area contributed by atoms with Crippen molar-refractivity contribution < 1.29 is 19.4 Å². The second-order valence-electron chi connectivity index (χ2n) is 8.66. The first kappa shape index (κ1) is 25.1. The minimum atomic E-state index is -0.753. The summed E-state index contributed by atoms with van der Waals surface area (Å²) in [6.07, 6.45) is -1.14. The Morgan fingerprint density at radius 2 is 1.94 bits per heavy atom. The molecule has 0 aliphatic carbocycles. The maximum absolute atomic E-state index is 12.9. The summed E-state index contributed by atoms with van der Waals surface area (Å²) in [4.78, 5) is 32.1. The van der Waals surface area contributed by atoms with Gasteiger partial charge in [0.05, 0.1) is 34.8 Å². The maximum atomic E-state index is 12.9. The molecule has 0 radical (unpaired) electrons. The summed E-state index contributed by atoms with van der Waals surface area (Å²) in [6, 6.07) is 7.00. The van der Waals surface area contributed by atoms with Gasteiger partial charge < -0.3 is 15.2 Å². The van der Waals surface area contributed by atoms with Gasteiger partial charge in [-0.05, 0) is 45.7 Å². The van der Waals surface area contributed by atoms with E-state index < -0.39 is 23.8 Å². The van der Waals surface area contributed by atoms with E-state index in [0.29, 0.717) is 0 Å². The van der Waals surface area contributed by atoms with E-state index in [4.69, 9.17) is 4.74 Å². The first-order valence-electron chi connectivity index (χ1n) is 10.0. The van der Waals surface area contributed by atoms with E-state index in [1.807, 2.05) is 43.6 Å². The molecule has 2 amide bonds. The number of rotatable bonds is 4. The van der Waals surface area contributed by atoms with Crippen molar-refractivity contribution in [2.45, 2.75) is 64.8 Å². The average molecular weight is 468 g/mol. The third-order valence-electron chi connectivity index (χ3n) is 4.99. The minimum absolute atomic E-state index is 0. The SMILES string of the molecule is Cc1ncsc1-c1ccc([C@H](C)NC(=O)[C@@H]2C[C@@H](O)CN2C(=O)OC(C)(C)C)cc1.Cl. The number of β-amino-alcohol motifs (C(OH)–C–C–N with tert-alkyl or cyclic N) is 1. The first-order chi connectivity index (χ1) is 14.0. The topological polar surface area (TPSA) is 91.8 Å². The Morgan fingerprint density at radius 1 is 1.29 bits per heavy atom. The quantitative estimate of drug-likeness (QED) is 0.706. The molecule has 1 saturated heterocycles. The zero-order valence-electron chi connectivity index (χ0n) is 18.4. The Bertz CT molecular complexity index is 910. The van der Waals surface area contributed by atoms with E-state index in [9.17, 15) is 14.7 Å². The number of aliphatic hydroxyl groups is 1. The Balaban J connectivity index is 0.00000341. The molecule has 1 aliphatic rings. The van der Waals surface area contributed by atoms with Crippen LogP contribution in [0.25, 0.3) is 10.4 Å². The van der Waals surface area contributed by atoms with Crippen LogP contribution in [0.4, 0.5) is 4.79 Å². The Kier molecular flexibility index (Phi) is 8.08. The molecule has 2 N–H and O–H groups in total. The average Bonchev–Trinajstić information content (AvgIpc) is 3.26. The molecule has 170 valence electrons. The lowest BCUT2D eigenvalue weighted by Crippen LogP contribution is -2.48. The standard InChI is InChI=1S/C22H29N3O4S.ClH/c1-13(15-6-8-16(9-7-15)19-14(2)23-12-30-19)24-20(27)18-10-17(26)11-25(18)21(28)29-22(3,4)5;/h6-9,12-13,17-18,26H,10-11H2,1-5H3,(H,24,27);1H/t13-,17+,18-;/m0./s1. The molecule has 7 nitrogen and oxygen atoms in total. The summed E-state index contributed by atoms with van der Waals surface area (Å²) < 4.78 is 5.39.